The number of carboxylic acids is 1. The van der Waals surface area contributed by atoms with Gasteiger partial charge in [0.15, 0.2) is 0 Å². The fourth-order valence-corrected chi connectivity index (χ4v) is 2.67. The molecule has 0 bridgehead atoms. The van der Waals surface area contributed by atoms with E-state index in [1.165, 1.54) is 0 Å². The zero-order valence-corrected chi connectivity index (χ0v) is 13.6. The quantitative estimate of drug-likeness (QED) is 0.784. The van der Waals surface area contributed by atoms with Gasteiger partial charge in [-0.3, -0.25) is 4.79 Å². The van der Waals surface area contributed by atoms with Crippen molar-refractivity contribution in [3.63, 3.8) is 0 Å². The highest BCUT2D eigenvalue weighted by Crippen LogP contribution is 2.16. The van der Waals surface area contributed by atoms with Gasteiger partial charge in [-0.1, -0.05) is 0 Å². The largest absolute Gasteiger partial charge is 0.481 e. The van der Waals surface area contributed by atoms with Gasteiger partial charge in [0.25, 0.3) is 0 Å². The summed E-state index contributed by atoms with van der Waals surface area (Å²) in [6.07, 6.45) is 2.52. The molecule has 1 aliphatic heterocycles. The molecule has 0 saturated carbocycles. The van der Waals surface area contributed by atoms with E-state index >= 15 is 0 Å². The van der Waals surface area contributed by atoms with Gasteiger partial charge in [-0.05, 0) is 47.1 Å². The van der Waals surface area contributed by atoms with Crippen LogP contribution in [0.4, 0.5) is 4.79 Å². The topological polar surface area (TPSA) is 72.9 Å². The second kappa shape index (κ2) is 8.22. The third-order valence-corrected chi connectivity index (χ3v) is 4.21. The van der Waals surface area contributed by atoms with Crippen molar-refractivity contribution in [2.75, 3.05) is 20.1 Å². The van der Waals surface area contributed by atoms with Crippen LogP contribution in [0.25, 0.3) is 0 Å². The van der Waals surface area contributed by atoms with Crippen LogP contribution in [0.2, 0.25) is 0 Å². The summed E-state index contributed by atoms with van der Waals surface area (Å²) in [6.45, 7) is 7.56. The summed E-state index contributed by atoms with van der Waals surface area (Å²) >= 11 is 0. The maximum Gasteiger partial charge on any atom is 0.317 e. The fourth-order valence-electron chi connectivity index (χ4n) is 2.67. The molecule has 2 amide bonds. The fraction of sp³-hybridized carbons (Fsp3) is 0.867. The molecule has 0 radical (unpaired) electrons. The molecular formula is C15H29N3O3. The van der Waals surface area contributed by atoms with Crippen molar-refractivity contribution in [1.82, 2.24) is 15.1 Å². The lowest BCUT2D eigenvalue weighted by Crippen LogP contribution is -2.52. The minimum Gasteiger partial charge on any atom is -0.481 e. The molecule has 21 heavy (non-hydrogen) atoms. The number of amides is 2. The first kappa shape index (κ1) is 17.8. The number of likely N-dealkylation sites (tertiary alicyclic amines) is 1. The molecule has 0 aliphatic carbocycles. The molecule has 2 unspecified atom stereocenters. The number of aliphatic carboxylic acids is 1. The lowest BCUT2D eigenvalue weighted by Gasteiger charge is -2.37. The molecule has 6 heteroatoms. The molecule has 1 saturated heterocycles. The molecule has 0 spiro atoms. The molecule has 0 aromatic heterocycles. The number of rotatable bonds is 6. The number of nitrogens with one attached hydrogen (secondary N) is 1. The maximum absolute atomic E-state index is 12.4. The predicted molar refractivity (Wildman–Crippen MR) is 82.4 cm³/mol. The SMILES string of the molecule is CC1CC(NC(=O)N(CCCC(=O)O)C(C)C)CCN1C. The Morgan fingerprint density at radius 3 is 2.62 bits per heavy atom. The minimum absolute atomic E-state index is 0.0717. The Balaban J connectivity index is 2.47. The van der Waals surface area contributed by atoms with E-state index in [-0.39, 0.29) is 24.5 Å². The zero-order chi connectivity index (χ0) is 16.0. The first-order valence-electron chi connectivity index (χ1n) is 7.80. The van der Waals surface area contributed by atoms with Gasteiger partial charge >= 0.3 is 12.0 Å². The molecule has 2 N–H and O–H groups in total. The number of carboxylic acid groups (broad SMARTS) is 1. The Morgan fingerprint density at radius 2 is 2.10 bits per heavy atom. The van der Waals surface area contributed by atoms with Gasteiger partial charge in [0.2, 0.25) is 0 Å². The molecular weight excluding hydrogens is 270 g/mol. The first-order chi connectivity index (χ1) is 9.81. The normalized spacial score (nSPS) is 23.1. The number of urea groups is 1. The average Bonchev–Trinajstić information content (AvgIpc) is 2.38. The van der Waals surface area contributed by atoms with Crippen LogP contribution in [0, 0.1) is 0 Å². The van der Waals surface area contributed by atoms with Crippen molar-refractivity contribution >= 4 is 12.0 Å². The van der Waals surface area contributed by atoms with Crippen LogP contribution in [0.15, 0.2) is 0 Å². The highest BCUT2D eigenvalue weighted by molar-refractivity contribution is 5.75. The van der Waals surface area contributed by atoms with Crippen molar-refractivity contribution in [2.24, 2.45) is 0 Å². The summed E-state index contributed by atoms with van der Waals surface area (Å²) in [7, 11) is 2.11. The summed E-state index contributed by atoms with van der Waals surface area (Å²) in [5, 5.41) is 11.8. The molecule has 1 aliphatic rings. The van der Waals surface area contributed by atoms with Crippen molar-refractivity contribution in [3.8, 4) is 0 Å². The molecule has 2 atom stereocenters. The van der Waals surface area contributed by atoms with E-state index in [2.05, 4.69) is 24.2 Å². The second-order valence-corrected chi connectivity index (χ2v) is 6.28. The van der Waals surface area contributed by atoms with E-state index in [1.54, 1.807) is 4.90 Å². The summed E-state index contributed by atoms with van der Waals surface area (Å²) < 4.78 is 0. The van der Waals surface area contributed by atoms with Gasteiger partial charge in [-0.15, -0.1) is 0 Å². The smallest absolute Gasteiger partial charge is 0.317 e. The first-order valence-corrected chi connectivity index (χ1v) is 7.80. The number of piperidine rings is 1. The highest BCUT2D eigenvalue weighted by Gasteiger charge is 2.26. The van der Waals surface area contributed by atoms with Crippen LogP contribution >= 0.6 is 0 Å². The number of hydrogen-bond acceptors (Lipinski definition) is 3. The van der Waals surface area contributed by atoms with Crippen molar-refractivity contribution in [2.45, 2.75) is 64.6 Å². The van der Waals surface area contributed by atoms with Crippen molar-refractivity contribution < 1.29 is 14.7 Å². The van der Waals surface area contributed by atoms with Crippen LogP contribution in [0.3, 0.4) is 0 Å². The summed E-state index contributed by atoms with van der Waals surface area (Å²) in [5.74, 6) is -0.816. The Morgan fingerprint density at radius 1 is 1.43 bits per heavy atom. The molecule has 1 fully saturated rings. The Kier molecular flexibility index (Phi) is 6.95. The van der Waals surface area contributed by atoms with E-state index in [0.717, 1.165) is 19.4 Å². The van der Waals surface area contributed by atoms with Crippen LogP contribution in [-0.4, -0.2) is 65.2 Å². The molecule has 1 rings (SSSR count). The van der Waals surface area contributed by atoms with E-state index in [1.807, 2.05) is 13.8 Å². The van der Waals surface area contributed by atoms with Crippen molar-refractivity contribution in [1.29, 1.82) is 0 Å². The summed E-state index contributed by atoms with van der Waals surface area (Å²) in [6, 6.07) is 0.688. The van der Waals surface area contributed by atoms with Crippen LogP contribution in [-0.2, 0) is 4.79 Å². The summed E-state index contributed by atoms with van der Waals surface area (Å²) in [4.78, 5) is 27.0. The molecule has 0 aromatic rings. The number of carbonyl (C=O) groups is 2. The van der Waals surface area contributed by atoms with Gasteiger partial charge in [0.1, 0.15) is 0 Å². The lowest BCUT2D eigenvalue weighted by atomic mass is 9.99. The average molecular weight is 299 g/mol. The third kappa shape index (κ3) is 5.91. The van der Waals surface area contributed by atoms with Gasteiger partial charge in [-0.2, -0.15) is 0 Å². The Bertz CT molecular complexity index is 360. The minimum atomic E-state index is -0.816. The molecule has 1 heterocycles. The van der Waals surface area contributed by atoms with Crippen LogP contribution in [0.1, 0.15) is 46.5 Å². The maximum atomic E-state index is 12.4. The Hall–Kier alpha value is -1.30. The monoisotopic (exact) mass is 299 g/mol. The van der Waals surface area contributed by atoms with Gasteiger partial charge in [-0.25, -0.2) is 4.79 Å². The van der Waals surface area contributed by atoms with E-state index in [9.17, 15) is 9.59 Å². The summed E-state index contributed by atoms with van der Waals surface area (Å²) in [5.41, 5.74) is 0. The highest BCUT2D eigenvalue weighted by atomic mass is 16.4. The third-order valence-electron chi connectivity index (χ3n) is 4.21. The number of nitrogens with zero attached hydrogens (tertiary/aromatic N) is 2. The number of carbonyl (C=O) groups excluding carboxylic acids is 1. The van der Waals surface area contributed by atoms with Crippen LogP contribution in [0.5, 0.6) is 0 Å². The van der Waals surface area contributed by atoms with Crippen molar-refractivity contribution in [3.05, 3.63) is 0 Å². The molecule has 0 aromatic carbocycles. The van der Waals surface area contributed by atoms with Crippen LogP contribution < -0.4 is 5.32 Å². The van der Waals surface area contributed by atoms with Gasteiger partial charge in [0, 0.05) is 37.6 Å². The van der Waals surface area contributed by atoms with Gasteiger partial charge in [0.05, 0.1) is 0 Å². The second-order valence-electron chi connectivity index (χ2n) is 6.28. The Labute approximate surface area is 127 Å². The van der Waals surface area contributed by atoms with Gasteiger partial charge < -0.3 is 20.2 Å². The predicted octanol–water partition coefficient (Wildman–Crippen LogP) is 1.75. The van der Waals surface area contributed by atoms with E-state index < -0.39 is 5.97 Å². The molecule has 122 valence electrons. The van der Waals surface area contributed by atoms with E-state index in [0.29, 0.717) is 19.0 Å². The standard InChI is InChI=1S/C15H29N3O3/c1-11(2)18(8-5-6-14(19)20)15(21)16-13-7-9-17(4)12(3)10-13/h11-13H,5-10H2,1-4H3,(H,16,21)(H,19,20). The lowest BCUT2D eigenvalue weighted by molar-refractivity contribution is -0.137. The number of hydrogen-bond donors (Lipinski definition) is 2. The van der Waals surface area contributed by atoms with E-state index in [4.69, 9.17) is 5.11 Å². The molecule has 6 nitrogen and oxygen atoms in total. The zero-order valence-electron chi connectivity index (χ0n) is 13.6.